The minimum absolute atomic E-state index is 0.280. The van der Waals surface area contributed by atoms with E-state index in [1.54, 1.807) is 6.92 Å². The summed E-state index contributed by atoms with van der Waals surface area (Å²) in [6.07, 6.45) is 0.914. The van der Waals surface area contributed by atoms with E-state index in [1.807, 2.05) is 0 Å². The molecule has 0 N–H and O–H groups in total. The zero-order valence-corrected chi connectivity index (χ0v) is 14.6. The molecular formula is C13H24F3NO5S. The average Bonchev–Trinajstić information content (AvgIpc) is 2.41. The van der Waals surface area contributed by atoms with E-state index in [1.165, 1.54) is 0 Å². The second kappa shape index (κ2) is 9.89. The molecule has 23 heavy (non-hydrogen) atoms. The summed E-state index contributed by atoms with van der Waals surface area (Å²) in [6, 6.07) is 0. The molecule has 0 saturated carbocycles. The molecular weight excluding hydrogens is 339 g/mol. The Morgan fingerprint density at radius 1 is 1.26 bits per heavy atom. The maximum absolute atomic E-state index is 11.1. The molecule has 0 aliphatic rings. The number of nitrogens with zero attached hydrogens (tertiary/aromatic N) is 1. The van der Waals surface area contributed by atoms with Gasteiger partial charge in [0.05, 0.1) is 33.3 Å². The lowest BCUT2D eigenvalue weighted by molar-refractivity contribution is -0.906. The highest BCUT2D eigenvalue weighted by Gasteiger charge is 2.36. The van der Waals surface area contributed by atoms with Gasteiger partial charge >= 0.3 is 11.5 Å². The highest BCUT2D eigenvalue weighted by molar-refractivity contribution is 7.86. The third-order valence-corrected chi connectivity index (χ3v) is 3.80. The molecule has 0 unspecified atom stereocenters. The number of hydrogen-bond acceptors (Lipinski definition) is 5. The van der Waals surface area contributed by atoms with E-state index < -0.39 is 15.6 Å². The summed E-state index contributed by atoms with van der Waals surface area (Å²) in [5.74, 6) is -0.280. The van der Waals surface area contributed by atoms with Crippen LogP contribution in [0, 0.1) is 0 Å². The van der Waals surface area contributed by atoms with Crippen LogP contribution >= 0.6 is 0 Å². The summed E-state index contributed by atoms with van der Waals surface area (Å²) in [5.41, 5.74) is -5.18. The monoisotopic (exact) mass is 363 g/mol. The van der Waals surface area contributed by atoms with Crippen LogP contribution < -0.4 is 0 Å². The molecule has 0 aromatic rings. The molecule has 0 aromatic carbocycles. The first-order chi connectivity index (χ1) is 10.2. The van der Waals surface area contributed by atoms with Gasteiger partial charge in [-0.15, -0.1) is 0 Å². The maximum Gasteiger partial charge on any atom is 0.485 e. The molecule has 10 heteroatoms. The molecule has 0 spiro atoms. The zero-order chi connectivity index (χ0) is 18.9. The zero-order valence-electron chi connectivity index (χ0n) is 13.8. The summed E-state index contributed by atoms with van der Waals surface area (Å²) in [4.78, 5) is 11.1. The van der Waals surface area contributed by atoms with Gasteiger partial charge in [-0.1, -0.05) is 6.58 Å². The number of carbonyl (C=O) groups is 1. The third kappa shape index (κ3) is 11.1. The summed E-state index contributed by atoms with van der Waals surface area (Å²) in [6.45, 7) is 13.4. The third-order valence-electron chi connectivity index (χ3n) is 3.23. The van der Waals surface area contributed by atoms with Crippen molar-refractivity contribution in [3.8, 4) is 0 Å². The van der Waals surface area contributed by atoms with E-state index in [-0.39, 0.29) is 5.97 Å². The van der Waals surface area contributed by atoms with Crippen LogP contribution in [0.3, 0.4) is 0 Å². The number of hydrogen-bond donors (Lipinski definition) is 0. The van der Waals surface area contributed by atoms with E-state index in [0.29, 0.717) is 12.2 Å². The Kier molecular flexibility index (Phi) is 10.4. The number of carbonyl (C=O) groups excluding carboxylic acids is 1. The molecule has 0 bridgehead atoms. The van der Waals surface area contributed by atoms with Gasteiger partial charge in [-0.3, -0.25) is 0 Å². The van der Waals surface area contributed by atoms with Crippen molar-refractivity contribution in [2.45, 2.75) is 32.7 Å². The van der Waals surface area contributed by atoms with Crippen molar-refractivity contribution in [3.05, 3.63) is 12.2 Å². The smallest absolute Gasteiger partial charge is 0.485 e. The lowest BCUT2D eigenvalue weighted by atomic mass is 10.3. The molecule has 0 fully saturated rings. The Bertz CT molecular complexity index is 484. The molecule has 0 atom stereocenters. The van der Waals surface area contributed by atoms with E-state index in [4.69, 9.17) is 17.7 Å². The van der Waals surface area contributed by atoms with E-state index in [9.17, 15) is 18.0 Å². The molecule has 0 aliphatic carbocycles. The van der Waals surface area contributed by atoms with Gasteiger partial charge < -0.3 is 13.8 Å². The summed E-state index contributed by atoms with van der Waals surface area (Å²) in [5, 5.41) is 0. The van der Waals surface area contributed by atoms with Crippen molar-refractivity contribution in [2.24, 2.45) is 0 Å². The molecule has 0 rings (SSSR count). The second-order valence-corrected chi connectivity index (χ2v) is 6.52. The number of esters is 1. The topological polar surface area (TPSA) is 83.5 Å². The SMILES string of the molecule is C=C(C)C(=O)OCCC[N+](C)(CC)CC.O=S(=O)([O-])C(F)(F)F. The van der Waals surface area contributed by atoms with Crippen molar-refractivity contribution in [1.29, 1.82) is 0 Å². The molecule has 0 saturated heterocycles. The van der Waals surface area contributed by atoms with E-state index in [0.717, 1.165) is 30.5 Å². The Morgan fingerprint density at radius 2 is 1.65 bits per heavy atom. The highest BCUT2D eigenvalue weighted by atomic mass is 32.2. The number of rotatable bonds is 7. The fraction of sp³-hybridized carbons (Fsp3) is 0.769. The summed E-state index contributed by atoms with van der Waals surface area (Å²) < 4.78 is 65.0. The van der Waals surface area contributed by atoms with Crippen LogP contribution in [0.2, 0.25) is 0 Å². The lowest BCUT2D eigenvalue weighted by Crippen LogP contribution is -2.44. The van der Waals surface area contributed by atoms with E-state index >= 15 is 0 Å². The van der Waals surface area contributed by atoms with Crippen LogP contribution in [0.15, 0.2) is 12.2 Å². The van der Waals surface area contributed by atoms with Gasteiger partial charge in [-0.05, 0) is 20.8 Å². The number of ether oxygens (including phenoxy) is 1. The van der Waals surface area contributed by atoms with Crippen molar-refractivity contribution in [1.82, 2.24) is 0 Å². The lowest BCUT2D eigenvalue weighted by Gasteiger charge is -2.31. The second-order valence-electron chi connectivity index (χ2n) is 5.15. The van der Waals surface area contributed by atoms with Crippen molar-refractivity contribution < 1.29 is 40.2 Å². The fourth-order valence-electron chi connectivity index (χ4n) is 1.27. The van der Waals surface area contributed by atoms with Crippen LogP contribution in [0.1, 0.15) is 27.2 Å². The van der Waals surface area contributed by atoms with Gasteiger partial charge in [0.1, 0.15) is 0 Å². The Labute approximate surface area is 135 Å². The van der Waals surface area contributed by atoms with Gasteiger partial charge in [-0.2, -0.15) is 13.2 Å². The first kappa shape index (κ1) is 24.1. The van der Waals surface area contributed by atoms with Crippen molar-refractivity contribution in [3.63, 3.8) is 0 Å². The van der Waals surface area contributed by atoms with Crippen molar-refractivity contribution >= 4 is 16.1 Å². The molecule has 6 nitrogen and oxygen atoms in total. The van der Waals surface area contributed by atoms with Crippen LogP contribution in [0.4, 0.5) is 13.2 Å². The van der Waals surface area contributed by atoms with Gasteiger partial charge in [0.25, 0.3) is 0 Å². The predicted octanol–water partition coefficient (Wildman–Crippen LogP) is 2.03. The maximum atomic E-state index is 11.1. The van der Waals surface area contributed by atoms with Gasteiger partial charge in [-0.25, -0.2) is 13.2 Å². The van der Waals surface area contributed by atoms with E-state index in [2.05, 4.69) is 27.5 Å². The average molecular weight is 363 g/mol. The Morgan fingerprint density at radius 3 is 1.91 bits per heavy atom. The fourth-order valence-corrected chi connectivity index (χ4v) is 1.27. The van der Waals surface area contributed by atoms with Crippen LogP contribution in [-0.4, -0.2) is 62.2 Å². The quantitative estimate of drug-likeness (QED) is 0.173. The molecule has 138 valence electrons. The van der Waals surface area contributed by atoms with Gasteiger partial charge in [0.15, 0.2) is 10.1 Å². The highest BCUT2D eigenvalue weighted by Crippen LogP contribution is 2.20. The van der Waals surface area contributed by atoms with Crippen LogP contribution in [0.25, 0.3) is 0 Å². The largest absolute Gasteiger partial charge is 0.741 e. The summed E-state index contributed by atoms with van der Waals surface area (Å²) in [7, 11) is -3.87. The Balaban J connectivity index is 0. The number of quaternary nitrogens is 1. The first-order valence-electron chi connectivity index (χ1n) is 6.88. The normalized spacial score (nSPS) is 12.2. The minimum Gasteiger partial charge on any atom is -0.741 e. The van der Waals surface area contributed by atoms with Crippen LogP contribution in [-0.2, 0) is 19.6 Å². The van der Waals surface area contributed by atoms with Crippen LogP contribution in [0.5, 0.6) is 0 Å². The Hall–Kier alpha value is -1.13. The molecule has 0 radical (unpaired) electrons. The minimum atomic E-state index is -6.09. The number of alkyl halides is 3. The number of halogens is 3. The molecule has 0 heterocycles. The van der Waals surface area contributed by atoms with Gasteiger partial charge in [0.2, 0.25) is 0 Å². The standard InChI is InChI=1S/C12H24NO2.CHF3O3S/c1-6-13(5,7-2)9-8-10-15-12(14)11(3)4;2-1(3,4)8(5,6)7/h3,6-10H2,1-2,4-5H3;(H,5,6,7)/q+1;/p-1. The molecule has 0 aliphatic heterocycles. The van der Waals surface area contributed by atoms with Crippen molar-refractivity contribution in [2.75, 3.05) is 33.3 Å². The predicted molar refractivity (Wildman–Crippen MR) is 78.3 cm³/mol. The van der Waals surface area contributed by atoms with Gasteiger partial charge in [0, 0.05) is 12.0 Å². The molecule has 0 aromatic heterocycles. The molecule has 0 amide bonds. The first-order valence-corrected chi connectivity index (χ1v) is 8.29. The summed E-state index contributed by atoms with van der Waals surface area (Å²) >= 11 is 0.